The van der Waals surface area contributed by atoms with Crippen molar-refractivity contribution >= 4 is 17.3 Å². The summed E-state index contributed by atoms with van der Waals surface area (Å²) in [5.41, 5.74) is 8.60. The third-order valence-corrected chi connectivity index (χ3v) is 4.69. The normalized spacial score (nSPS) is 17.0. The summed E-state index contributed by atoms with van der Waals surface area (Å²) in [4.78, 5) is 13.6. The number of carboxylic acids is 1. The molecule has 1 aromatic carbocycles. The van der Waals surface area contributed by atoms with E-state index < -0.39 is 5.97 Å². The van der Waals surface area contributed by atoms with Crippen molar-refractivity contribution < 1.29 is 9.90 Å². The van der Waals surface area contributed by atoms with Gasteiger partial charge in [-0.3, -0.25) is 0 Å². The fourth-order valence-corrected chi connectivity index (χ4v) is 3.14. The lowest BCUT2D eigenvalue weighted by Gasteiger charge is -2.40. The number of nitrogen functional groups attached to an aromatic ring is 1. The molecule has 1 aromatic rings. The van der Waals surface area contributed by atoms with Crippen LogP contribution in [0.3, 0.4) is 0 Å². The van der Waals surface area contributed by atoms with Crippen molar-refractivity contribution in [3.63, 3.8) is 0 Å². The van der Waals surface area contributed by atoms with Gasteiger partial charge in [-0.05, 0) is 48.8 Å². The third kappa shape index (κ3) is 3.31. The quantitative estimate of drug-likeness (QED) is 0.818. The number of nitrogens with zero attached hydrogens (tertiary/aromatic N) is 1. The Morgan fingerprint density at radius 1 is 1.29 bits per heavy atom. The van der Waals surface area contributed by atoms with Gasteiger partial charge in [-0.25, -0.2) is 4.79 Å². The first-order valence-electron chi connectivity index (χ1n) is 7.58. The molecule has 21 heavy (non-hydrogen) atoms. The Kier molecular flexibility index (Phi) is 4.17. The van der Waals surface area contributed by atoms with Crippen LogP contribution >= 0.6 is 0 Å². The molecule has 2 rings (SSSR count). The number of benzene rings is 1. The van der Waals surface area contributed by atoms with Crippen molar-refractivity contribution in [3.05, 3.63) is 23.3 Å². The number of carbonyl (C=O) groups is 1. The number of anilines is 2. The van der Waals surface area contributed by atoms with Gasteiger partial charge in [0.2, 0.25) is 0 Å². The van der Waals surface area contributed by atoms with Gasteiger partial charge in [0, 0.05) is 24.5 Å². The first-order chi connectivity index (χ1) is 9.70. The van der Waals surface area contributed by atoms with Crippen LogP contribution in [-0.4, -0.2) is 24.2 Å². The van der Waals surface area contributed by atoms with Crippen LogP contribution in [0.25, 0.3) is 0 Å². The van der Waals surface area contributed by atoms with E-state index in [1.54, 1.807) is 6.07 Å². The van der Waals surface area contributed by atoms with Crippen molar-refractivity contribution in [3.8, 4) is 0 Å². The molecule has 0 aliphatic carbocycles. The third-order valence-electron chi connectivity index (χ3n) is 4.69. The van der Waals surface area contributed by atoms with Gasteiger partial charge in [0.05, 0.1) is 5.56 Å². The minimum atomic E-state index is -0.956. The second-order valence-corrected chi connectivity index (χ2v) is 7.16. The van der Waals surface area contributed by atoms with E-state index in [9.17, 15) is 9.90 Å². The lowest BCUT2D eigenvalue weighted by atomic mass is 9.75. The van der Waals surface area contributed by atoms with E-state index >= 15 is 0 Å². The van der Waals surface area contributed by atoms with E-state index in [2.05, 4.69) is 25.7 Å². The fourth-order valence-electron chi connectivity index (χ4n) is 3.14. The average Bonchev–Trinajstić information content (AvgIpc) is 2.40. The van der Waals surface area contributed by atoms with E-state index in [1.807, 2.05) is 13.0 Å². The summed E-state index contributed by atoms with van der Waals surface area (Å²) in [5.74, 6) is -0.232. The lowest BCUT2D eigenvalue weighted by molar-refractivity contribution is 0.0698. The first kappa shape index (κ1) is 15.7. The van der Waals surface area contributed by atoms with Gasteiger partial charge in [0.25, 0.3) is 0 Å². The molecule has 0 spiro atoms. The Hall–Kier alpha value is -1.71. The SMILES string of the molecule is Cc1cc(N2CCC(C(C)(C)C)CC2)cc(C(=O)O)c1N. The molecule has 4 nitrogen and oxygen atoms in total. The Bertz CT molecular complexity index is 538. The second kappa shape index (κ2) is 5.58. The molecule has 1 saturated heterocycles. The molecule has 3 N–H and O–H groups in total. The molecule has 0 unspecified atom stereocenters. The molecule has 0 radical (unpaired) electrons. The molecular weight excluding hydrogens is 264 g/mol. The molecule has 1 aliphatic rings. The largest absolute Gasteiger partial charge is 0.478 e. The predicted molar refractivity (Wildman–Crippen MR) is 86.9 cm³/mol. The monoisotopic (exact) mass is 290 g/mol. The summed E-state index contributed by atoms with van der Waals surface area (Å²) in [7, 11) is 0. The Morgan fingerprint density at radius 2 is 1.86 bits per heavy atom. The molecule has 0 aromatic heterocycles. The van der Waals surface area contributed by atoms with Crippen molar-refractivity contribution in [2.45, 2.75) is 40.5 Å². The maximum absolute atomic E-state index is 11.3. The number of nitrogens with two attached hydrogens (primary N) is 1. The Balaban J connectivity index is 2.19. The highest BCUT2D eigenvalue weighted by atomic mass is 16.4. The number of hydrogen-bond donors (Lipinski definition) is 2. The van der Waals surface area contributed by atoms with Crippen LogP contribution in [0.1, 0.15) is 49.5 Å². The van der Waals surface area contributed by atoms with Gasteiger partial charge >= 0.3 is 5.97 Å². The standard InChI is InChI=1S/C17H26N2O2/c1-11-9-13(10-14(15(11)18)16(20)21)19-7-5-12(6-8-19)17(2,3)4/h9-10,12H,5-8,18H2,1-4H3,(H,20,21). The lowest BCUT2D eigenvalue weighted by Crippen LogP contribution is -2.38. The van der Waals surface area contributed by atoms with Gasteiger partial charge in [-0.2, -0.15) is 0 Å². The first-order valence-corrected chi connectivity index (χ1v) is 7.58. The number of aryl methyl sites for hydroxylation is 1. The second-order valence-electron chi connectivity index (χ2n) is 7.16. The molecule has 4 heteroatoms. The topological polar surface area (TPSA) is 66.6 Å². The highest BCUT2D eigenvalue weighted by Gasteiger charge is 2.29. The van der Waals surface area contributed by atoms with Crippen LogP contribution < -0.4 is 10.6 Å². The molecule has 0 amide bonds. The molecule has 1 aliphatic heterocycles. The van der Waals surface area contributed by atoms with Crippen LogP contribution in [0.5, 0.6) is 0 Å². The smallest absolute Gasteiger partial charge is 0.337 e. The van der Waals surface area contributed by atoms with Crippen LogP contribution in [-0.2, 0) is 0 Å². The summed E-state index contributed by atoms with van der Waals surface area (Å²) in [6, 6.07) is 3.71. The highest BCUT2D eigenvalue weighted by molar-refractivity contribution is 5.95. The van der Waals surface area contributed by atoms with E-state index in [0.717, 1.165) is 43.1 Å². The van der Waals surface area contributed by atoms with Crippen molar-refractivity contribution in [1.82, 2.24) is 0 Å². The molecule has 0 atom stereocenters. The Morgan fingerprint density at radius 3 is 2.33 bits per heavy atom. The van der Waals surface area contributed by atoms with Crippen LogP contribution in [0.4, 0.5) is 11.4 Å². The molecule has 0 bridgehead atoms. The van der Waals surface area contributed by atoms with Crippen molar-refractivity contribution in [2.75, 3.05) is 23.7 Å². The zero-order chi connectivity index (χ0) is 15.8. The summed E-state index contributed by atoms with van der Waals surface area (Å²) in [6.45, 7) is 10.7. The summed E-state index contributed by atoms with van der Waals surface area (Å²) in [5, 5.41) is 9.26. The summed E-state index contributed by atoms with van der Waals surface area (Å²) < 4.78 is 0. The number of rotatable bonds is 2. The van der Waals surface area contributed by atoms with E-state index in [4.69, 9.17) is 5.73 Å². The average molecular weight is 290 g/mol. The minimum absolute atomic E-state index is 0.211. The van der Waals surface area contributed by atoms with Crippen LogP contribution in [0, 0.1) is 18.3 Å². The molecule has 1 heterocycles. The fraction of sp³-hybridized carbons (Fsp3) is 0.588. The van der Waals surface area contributed by atoms with Crippen molar-refractivity contribution in [2.24, 2.45) is 11.3 Å². The van der Waals surface area contributed by atoms with E-state index in [0.29, 0.717) is 11.1 Å². The maximum Gasteiger partial charge on any atom is 0.337 e. The Labute approximate surface area is 126 Å². The number of carboxylic acid groups (broad SMARTS) is 1. The van der Waals surface area contributed by atoms with Crippen LogP contribution in [0.2, 0.25) is 0 Å². The molecule has 0 saturated carbocycles. The molecule has 116 valence electrons. The number of aromatic carboxylic acids is 1. The van der Waals surface area contributed by atoms with Gasteiger partial charge < -0.3 is 15.7 Å². The molecular formula is C17H26N2O2. The van der Waals surface area contributed by atoms with Crippen molar-refractivity contribution in [1.29, 1.82) is 0 Å². The van der Waals surface area contributed by atoms with Gasteiger partial charge in [-0.1, -0.05) is 20.8 Å². The minimum Gasteiger partial charge on any atom is -0.478 e. The van der Waals surface area contributed by atoms with Gasteiger partial charge in [0.1, 0.15) is 0 Å². The molecule has 1 fully saturated rings. The van der Waals surface area contributed by atoms with Gasteiger partial charge in [-0.15, -0.1) is 0 Å². The highest BCUT2D eigenvalue weighted by Crippen LogP contribution is 2.36. The van der Waals surface area contributed by atoms with E-state index in [1.165, 1.54) is 0 Å². The maximum atomic E-state index is 11.3. The number of piperidine rings is 1. The zero-order valence-electron chi connectivity index (χ0n) is 13.4. The summed E-state index contributed by atoms with van der Waals surface area (Å²) in [6.07, 6.45) is 2.30. The number of hydrogen-bond acceptors (Lipinski definition) is 3. The zero-order valence-corrected chi connectivity index (χ0v) is 13.4. The van der Waals surface area contributed by atoms with Crippen LogP contribution in [0.15, 0.2) is 12.1 Å². The van der Waals surface area contributed by atoms with Gasteiger partial charge in [0.15, 0.2) is 0 Å². The predicted octanol–water partition coefficient (Wildman–Crippen LogP) is 3.54. The van der Waals surface area contributed by atoms with E-state index in [-0.39, 0.29) is 5.56 Å². The summed E-state index contributed by atoms with van der Waals surface area (Å²) >= 11 is 0.